The predicted molar refractivity (Wildman–Crippen MR) is 121 cm³/mol. The summed E-state index contributed by atoms with van der Waals surface area (Å²) in [5.41, 5.74) is 2.17. The molecule has 1 aromatic heterocycles. The Morgan fingerprint density at radius 1 is 1.13 bits per heavy atom. The number of carboxylic acids is 1. The number of nitrogens with zero attached hydrogens (tertiary/aromatic N) is 2. The fourth-order valence-electron chi connectivity index (χ4n) is 3.12. The Hall–Kier alpha value is -3.37. The van der Waals surface area contributed by atoms with Crippen molar-refractivity contribution in [3.8, 4) is 39.4 Å². The number of aromatic carboxylic acids is 1. The van der Waals surface area contributed by atoms with Gasteiger partial charge in [-0.2, -0.15) is 5.26 Å². The van der Waals surface area contributed by atoms with E-state index in [4.69, 9.17) is 9.47 Å². The maximum atomic E-state index is 11.8. The van der Waals surface area contributed by atoms with Crippen molar-refractivity contribution in [3.05, 3.63) is 52.9 Å². The van der Waals surface area contributed by atoms with E-state index in [-0.39, 0.29) is 4.88 Å². The average Bonchev–Trinajstić information content (AvgIpc) is 3.25. The third kappa shape index (κ3) is 5.41. The number of carboxylic acid groups (broad SMARTS) is 1. The summed E-state index contributed by atoms with van der Waals surface area (Å²) >= 11 is 1.09. The molecule has 3 rings (SSSR count). The first-order chi connectivity index (χ1) is 15.1. The van der Waals surface area contributed by atoms with Crippen LogP contribution >= 0.6 is 11.3 Å². The molecule has 31 heavy (non-hydrogen) atoms. The number of hydrogen-bond donors (Lipinski definition) is 1. The van der Waals surface area contributed by atoms with Crippen molar-refractivity contribution in [1.82, 2.24) is 4.98 Å². The third-order valence-electron chi connectivity index (χ3n) is 4.79. The minimum absolute atomic E-state index is 0.148. The van der Waals surface area contributed by atoms with Crippen LogP contribution in [-0.2, 0) is 0 Å². The van der Waals surface area contributed by atoms with Gasteiger partial charge in [0, 0.05) is 11.1 Å². The smallest absolute Gasteiger partial charge is 0.348 e. The van der Waals surface area contributed by atoms with Crippen molar-refractivity contribution in [1.29, 1.82) is 5.26 Å². The van der Waals surface area contributed by atoms with Crippen molar-refractivity contribution in [2.75, 3.05) is 13.7 Å². The number of ether oxygens (including phenoxy) is 2. The van der Waals surface area contributed by atoms with Crippen molar-refractivity contribution in [2.45, 2.75) is 32.6 Å². The summed E-state index contributed by atoms with van der Waals surface area (Å²) in [6, 6.07) is 14.5. The summed E-state index contributed by atoms with van der Waals surface area (Å²) in [5.74, 6) is 0.176. The molecule has 0 saturated carbocycles. The summed E-state index contributed by atoms with van der Waals surface area (Å²) in [6.07, 6.45) is 4.37. The van der Waals surface area contributed by atoms with Gasteiger partial charge in [0.15, 0.2) is 0 Å². The van der Waals surface area contributed by atoms with Gasteiger partial charge in [-0.25, -0.2) is 9.78 Å². The topological polar surface area (TPSA) is 92.4 Å². The van der Waals surface area contributed by atoms with Crippen molar-refractivity contribution in [3.63, 3.8) is 0 Å². The molecule has 160 valence electrons. The van der Waals surface area contributed by atoms with Crippen LogP contribution in [0.4, 0.5) is 0 Å². The molecule has 0 fully saturated rings. The molecule has 0 unspecified atom stereocenters. The van der Waals surface area contributed by atoms with Crippen LogP contribution in [0.2, 0.25) is 0 Å². The molecule has 0 aliphatic heterocycles. The number of methoxy groups -OCH3 is 1. The molecule has 0 amide bonds. The molecule has 0 spiro atoms. The highest BCUT2D eigenvalue weighted by Gasteiger charge is 2.20. The molecule has 0 radical (unpaired) electrons. The molecule has 1 N–H and O–H groups in total. The first kappa shape index (κ1) is 22.3. The first-order valence-corrected chi connectivity index (χ1v) is 10.9. The number of carbonyl (C=O) groups is 1. The van der Waals surface area contributed by atoms with E-state index in [1.165, 1.54) is 6.42 Å². The highest BCUT2D eigenvalue weighted by atomic mass is 32.1. The normalized spacial score (nSPS) is 10.5. The second kappa shape index (κ2) is 10.6. The van der Waals surface area contributed by atoms with E-state index >= 15 is 0 Å². The Bertz CT molecular complexity index is 1080. The SMILES string of the molecule is CCCCCCOc1ccc(-c2nc(-c3ccc(OC)cc3)c(C(=O)O)s2)cc1C#N. The Morgan fingerprint density at radius 3 is 2.52 bits per heavy atom. The fourth-order valence-corrected chi connectivity index (χ4v) is 4.04. The third-order valence-corrected chi connectivity index (χ3v) is 5.88. The highest BCUT2D eigenvalue weighted by Crippen LogP contribution is 2.36. The Kier molecular flexibility index (Phi) is 7.63. The zero-order valence-corrected chi connectivity index (χ0v) is 18.4. The summed E-state index contributed by atoms with van der Waals surface area (Å²) in [4.78, 5) is 16.5. The summed E-state index contributed by atoms with van der Waals surface area (Å²) < 4.78 is 10.9. The highest BCUT2D eigenvalue weighted by molar-refractivity contribution is 7.17. The molecule has 1 heterocycles. The van der Waals surface area contributed by atoms with Gasteiger partial charge in [0.1, 0.15) is 27.5 Å². The van der Waals surface area contributed by atoms with Gasteiger partial charge >= 0.3 is 5.97 Å². The van der Waals surface area contributed by atoms with Crippen molar-refractivity contribution < 1.29 is 19.4 Å². The van der Waals surface area contributed by atoms with Gasteiger partial charge in [0.25, 0.3) is 0 Å². The van der Waals surface area contributed by atoms with E-state index in [2.05, 4.69) is 18.0 Å². The second-order valence-corrected chi connectivity index (χ2v) is 7.96. The monoisotopic (exact) mass is 436 g/mol. The van der Waals surface area contributed by atoms with Crippen LogP contribution in [0.5, 0.6) is 11.5 Å². The number of rotatable bonds is 10. The molecular weight excluding hydrogens is 412 g/mol. The predicted octanol–water partition coefficient (Wildman–Crippen LogP) is 6.01. The maximum Gasteiger partial charge on any atom is 0.348 e. The minimum Gasteiger partial charge on any atom is -0.497 e. The van der Waals surface area contributed by atoms with E-state index in [0.29, 0.717) is 45.5 Å². The van der Waals surface area contributed by atoms with Gasteiger partial charge < -0.3 is 14.6 Å². The lowest BCUT2D eigenvalue weighted by molar-refractivity contribution is 0.0702. The zero-order valence-electron chi connectivity index (χ0n) is 17.6. The van der Waals surface area contributed by atoms with Crippen molar-refractivity contribution in [2.24, 2.45) is 0 Å². The van der Waals surface area contributed by atoms with Crippen molar-refractivity contribution >= 4 is 17.3 Å². The van der Waals surface area contributed by atoms with Gasteiger partial charge in [0.2, 0.25) is 0 Å². The molecule has 7 heteroatoms. The van der Waals surface area contributed by atoms with E-state index in [9.17, 15) is 15.2 Å². The maximum absolute atomic E-state index is 11.8. The number of hydrogen-bond acceptors (Lipinski definition) is 6. The number of benzene rings is 2. The van der Waals surface area contributed by atoms with Crippen LogP contribution < -0.4 is 9.47 Å². The van der Waals surface area contributed by atoms with Crippen LogP contribution in [0.25, 0.3) is 21.8 Å². The molecule has 3 aromatic rings. The Labute approximate surface area is 185 Å². The standard InChI is InChI=1S/C24H24N2O4S/c1-3-4-5-6-13-30-20-12-9-17(14-18(20)15-25)23-26-21(22(31-23)24(27)28)16-7-10-19(29-2)11-8-16/h7-12,14H,3-6,13H2,1-2H3,(H,27,28). The van der Waals surface area contributed by atoms with Gasteiger partial charge in [-0.05, 0) is 48.9 Å². The first-order valence-electron chi connectivity index (χ1n) is 10.1. The lowest BCUT2D eigenvalue weighted by atomic mass is 10.1. The number of aromatic nitrogens is 1. The number of nitriles is 1. The van der Waals surface area contributed by atoms with E-state index in [1.807, 2.05) is 6.07 Å². The van der Waals surface area contributed by atoms with Crippen LogP contribution in [0.3, 0.4) is 0 Å². The van der Waals surface area contributed by atoms with Crippen LogP contribution in [0.1, 0.15) is 47.8 Å². The lowest BCUT2D eigenvalue weighted by Gasteiger charge is -2.08. The van der Waals surface area contributed by atoms with E-state index in [0.717, 1.165) is 30.6 Å². The van der Waals surface area contributed by atoms with Crippen LogP contribution in [-0.4, -0.2) is 29.8 Å². The van der Waals surface area contributed by atoms with Crippen LogP contribution in [0.15, 0.2) is 42.5 Å². The van der Waals surface area contributed by atoms with E-state index < -0.39 is 5.97 Å². The molecular formula is C24H24N2O4S. The van der Waals surface area contributed by atoms with Gasteiger partial charge in [0.05, 0.1) is 25.0 Å². The average molecular weight is 437 g/mol. The van der Waals surface area contributed by atoms with E-state index in [1.54, 1.807) is 43.5 Å². The Morgan fingerprint density at radius 2 is 1.87 bits per heavy atom. The molecule has 2 aromatic carbocycles. The molecule has 6 nitrogen and oxygen atoms in total. The van der Waals surface area contributed by atoms with Gasteiger partial charge in [-0.3, -0.25) is 0 Å². The van der Waals surface area contributed by atoms with Gasteiger partial charge in [-0.1, -0.05) is 26.2 Å². The Balaban J connectivity index is 1.88. The molecule has 0 bridgehead atoms. The molecule has 0 atom stereocenters. The fraction of sp³-hybridized carbons (Fsp3) is 0.292. The summed E-state index contributed by atoms with van der Waals surface area (Å²) in [6.45, 7) is 2.72. The largest absolute Gasteiger partial charge is 0.497 e. The van der Waals surface area contributed by atoms with Gasteiger partial charge in [-0.15, -0.1) is 11.3 Å². The summed E-state index contributed by atoms with van der Waals surface area (Å²) in [7, 11) is 1.57. The minimum atomic E-state index is -1.04. The molecule has 0 saturated heterocycles. The zero-order chi connectivity index (χ0) is 22.2. The number of unbranched alkanes of at least 4 members (excludes halogenated alkanes) is 3. The molecule has 0 aliphatic carbocycles. The second-order valence-electron chi connectivity index (χ2n) is 6.96. The lowest BCUT2D eigenvalue weighted by Crippen LogP contribution is -1.99. The summed E-state index contributed by atoms with van der Waals surface area (Å²) in [5, 5.41) is 19.8. The number of thiazole rings is 1. The quantitative estimate of drug-likeness (QED) is 0.391. The molecule has 0 aliphatic rings. The van der Waals surface area contributed by atoms with Crippen LogP contribution in [0, 0.1) is 11.3 Å².